The van der Waals surface area contributed by atoms with E-state index in [1.807, 2.05) is 0 Å². The Morgan fingerprint density at radius 3 is 2.11 bits per heavy atom. The summed E-state index contributed by atoms with van der Waals surface area (Å²) < 4.78 is 10.00. The van der Waals surface area contributed by atoms with Gasteiger partial charge >= 0.3 is 0 Å². The van der Waals surface area contributed by atoms with Crippen LogP contribution >= 0.6 is 0 Å². The van der Waals surface area contributed by atoms with Gasteiger partial charge in [-0.2, -0.15) is 0 Å². The summed E-state index contributed by atoms with van der Waals surface area (Å²) >= 11 is 0. The van der Waals surface area contributed by atoms with Crippen LogP contribution in [0.25, 0.3) is 11.3 Å². The summed E-state index contributed by atoms with van der Waals surface area (Å²) in [5.74, 6) is -0.149. The second-order valence-corrected chi connectivity index (χ2v) is 3.36. The summed E-state index contributed by atoms with van der Waals surface area (Å²) in [5, 5.41) is 30.7. The van der Waals surface area contributed by atoms with Gasteiger partial charge in [0.2, 0.25) is 0 Å². The van der Waals surface area contributed by atoms with E-state index in [1.165, 1.54) is 32.5 Å². The molecule has 18 heavy (non-hydrogen) atoms. The SMILES string of the molecule is COc1cc(OC)c(O)c(-c2ccnnn2)c1O. The normalized spacial score (nSPS) is 10.1. The van der Waals surface area contributed by atoms with Crippen LogP contribution in [0.15, 0.2) is 18.3 Å². The molecule has 0 unspecified atom stereocenters. The molecule has 0 spiro atoms. The maximum atomic E-state index is 10.0. The van der Waals surface area contributed by atoms with Gasteiger partial charge in [0, 0.05) is 6.07 Å². The number of methoxy groups -OCH3 is 2. The average Bonchev–Trinajstić information content (AvgIpc) is 2.40. The molecular weight excluding hydrogens is 238 g/mol. The van der Waals surface area contributed by atoms with Gasteiger partial charge in [-0.3, -0.25) is 0 Å². The molecule has 0 fully saturated rings. The monoisotopic (exact) mass is 249 g/mol. The van der Waals surface area contributed by atoms with Crippen LogP contribution in [0.4, 0.5) is 0 Å². The molecule has 2 aromatic rings. The summed E-state index contributed by atoms with van der Waals surface area (Å²) in [7, 11) is 2.79. The van der Waals surface area contributed by atoms with Crippen molar-refractivity contribution in [1.82, 2.24) is 15.4 Å². The smallest absolute Gasteiger partial charge is 0.171 e. The summed E-state index contributed by atoms with van der Waals surface area (Å²) in [4.78, 5) is 0. The molecule has 0 saturated carbocycles. The van der Waals surface area contributed by atoms with E-state index in [0.717, 1.165) is 0 Å². The summed E-state index contributed by atoms with van der Waals surface area (Å²) in [6, 6.07) is 2.88. The van der Waals surface area contributed by atoms with E-state index in [9.17, 15) is 10.2 Å². The first-order valence-corrected chi connectivity index (χ1v) is 5.00. The number of benzene rings is 1. The molecule has 0 amide bonds. The highest BCUT2D eigenvalue weighted by molar-refractivity contribution is 5.79. The van der Waals surface area contributed by atoms with Crippen molar-refractivity contribution < 1.29 is 19.7 Å². The van der Waals surface area contributed by atoms with Crippen molar-refractivity contribution in [3.63, 3.8) is 0 Å². The molecule has 2 rings (SSSR count). The quantitative estimate of drug-likeness (QED) is 0.836. The lowest BCUT2D eigenvalue weighted by Crippen LogP contribution is -1.95. The van der Waals surface area contributed by atoms with E-state index in [4.69, 9.17) is 9.47 Å². The molecule has 1 aromatic carbocycles. The Balaban J connectivity index is 2.72. The molecule has 0 saturated heterocycles. The zero-order valence-electron chi connectivity index (χ0n) is 9.78. The molecule has 0 bridgehead atoms. The third-order valence-electron chi connectivity index (χ3n) is 2.40. The molecule has 0 aliphatic carbocycles. The van der Waals surface area contributed by atoms with Crippen LogP contribution in [-0.2, 0) is 0 Å². The average molecular weight is 249 g/mol. The van der Waals surface area contributed by atoms with Crippen molar-refractivity contribution in [2.75, 3.05) is 14.2 Å². The number of ether oxygens (including phenoxy) is 2. The van der Waals surface area contributed by atoms with Crippen molar-refractivity contribution in [1.29, 1.82) is 0 Å². The summed E-state index contributed by atoms with van der Waals surface area (Å²) in [5.41, 5.74) is 0.346. The second kappa shape index (κ2) is 4.74. The van der Waals surface area contributed by atoms with Crippen molar-refractivity contribution in [2.45, 2.75) is 0 Å². The fourth-order valence-corrected chi connectivity index (χ4v) is 1.54. The van der Waals surface area contributed by atoms with Crippen LogP contribution in [0.3, 0.4) is 0 Å². The minimum Gasteiger partial charge on any atom is -0.504 e. The molecule has 1 aromatic heterocycles. The largest absolute Gasteiger partial charge is 0.504 e. The maximum Gasteiger partial charge on any atom is 0.171 e. The lowest BCUT2D eigenvalue weighted by atomic mass is 10.1. The van der Waals surface area contributed by atoms with Gasteiger partial charge in [-0.05, 0) is 11.3 Å². The highest BCUT2D eigenvalue weighted by Gasteiger charge is 2.21. The first kappa shape index (κ1) is 11.9. The van der Waals surface area contributed by atoms with E-state index >= 15 is 0 Å². The maximum absolute atomic E-state index is 10.0. The standard InChI is InChI=1S/C11H11N3O4/c1-17-7-5-8(18-2)11(16)9(10(7)15)6-3-4-12-14-13-6/h3-5,15-16H,1-2H3. The summed E-state index contributed by atoms with van der Waals surface area (Å²) in [6.45, 7) is 0. The predicted molar refractivity (Wildman–Crippen MR) is 61.7 cm³/mol. The van der Waals surface area contributed by atoms with E-state index in [2.05, 4.69) is 15.4 Å². The van der Waals surface area contributed by atoms with Gasteiger partial charge in [0.15, 0.2) is 23.0 Å². The van der Waals surface area contributed by atoms with Crippen molar-refractivity contribution in [3.8, 4) is 34.3 Å². The zero-order chi connectivity index (χ0) is 13.1. The van der Waals surface area contributed by atoms with Gasteiger partial charge in [-0.1, -0.05) is 0 Å². The number of hydrogen-bond acceptors (Lipinski definition) is 7. The Kier molecular flexibility index (Phi) is 3.13. The fraction of sp³-hybridized carbons (Fsp3) is 0.182. The van der Waals surface area contributed by atoms with Crippen LogP contribution in [-0.4, -0.2) is 39.8 Å². The first-order chi connectivity index (χ1) is 8.69. The van der Waals surface area contributed by atoms with E-state index in [0.29, 0.717) is 0 Å². The molecule has 0 aliphatic rings. The molecule has 0 atom stereocenters. The number of aromatic nitrogens is 3. The molecule has 7 heteroatoms. The molecular formula is C11H11N3O4. The molecule has 1 heterocycles. The molecule has 0 radical (unpaired) electrons. The van der Waals surface area contributed by atoms with E-state index < -0.39 is 0 Å². The lowest BCUT2D eigenvalue weighted by Gasteiger charge is -2.13. The van der Waals surface area contributed by atoms with Crippen LogP contribution in [0, 0.1) is 0 Å². The number of aromatic hydroxyl groups is 2. The molecule has 7 nitrogen and oxygen atoms in total. The highest BCUT2D eigenvalue weighted by atomic mass is 16.5. The van der Waals surface area contributed by atoms with Gasteiger partial charge in [0.05, 0.1) is 26.0 Å². The van der Waals surface area contributed by atoms with Crippen molar-refractivity contribution in [3.05, 3.63) is 18.3 Å². The fourth-order valence-electron chi connectivity index (χ4n) is 1.54. The van der Waals surface area contributed by atoms with Gasteiger partial charge in [-0.25, -0.2) is 0 Å². The Hall–Kier alpha value is -2.57. The third kappa shape index (κ3) is 1.86. The Bertz CT molecular complexity index is 532. The van der Waals surface area contributed by atoms with Gasteiger partial charge in [0.1, 0.15) is 5.69 Å². The third-order valence-corrected chi connectivity index (χ3v) is 2.40. The van der Waals surface area contributed by atoms with Crippen LogP contribution in [0.1, 0.15) is 0 Å². The van der Waals surface area contributed by atoms with E-state index in [-0.39, 0.29) is 34.3 Å². The van der Waals surface area contributed by atoms with Crippen molar-refractivity contribution >= 4 is 0 Å². The Labute approximate surface area is 103 Å². The molecule has 0 aliphatic heterocycles. The second-order valence-electron chi connectivity index (χ2n) is 3.36. The number of rotatable bonds is 3. The van der Waals surface area contributed by atoms with Gasteiger partial charge < -0.3 is 19.7 Å². The molecule has 94 valence electrons. The first-order valence-electron chi connectivity index (χ1n) is 5.00. The van der Waals surface area contributed by atoms with Crippen LogP contribution in [0.5, 0.6) is 23.0 Å². The van der Waals surface area contributed by atoms with Crippen LogP contribution < -0.4 is 9.47 Å². The predicted octanol–water partition coefficient (Wildman–Crippen LogP) is 0.967. The minimum absolute atomic E-state index is 0.0844. The number of phenols is 2. The lowest BCUT2D eigenvalue weighted by molar-refractivity contribution is 0.348. The number of nitrogens with zero attached hydrogens (tertiary/aromatic N) is 3. The van der Waals surface area contributed by atoms with Crippen LogP contribution in [0.2, 0.25) is 0 Å². The zero-order valence-corrected chi connectivity index (χ0v) is 9.78. The van der Waals surface area contributed by atoms with E-state index in [1.54, 1.807) is 0 Å². The topological polar surface area (TPSA) is 97.6 Å². The molecule has 2 N–H and O–H groups in total. The number of phenolic OH excluding ortho intramolecular Hbond substituents is 2. The summed E-state index contributed by atoms with van der Waals surface area (Å²) in [6.07, 6.45) is 1.40. The van der Waals surface area contributed by atoms with Gasteiger partial charge in [-0.15, -0.1) is 10.2 Å². The highest BCUT2D eigenvalue weighted by Crippen LogP contribution is 2.47. The Morgan fingerprint density at radius 2 is 1.67 bits per heavy atom. The van der Waals surface area contributed by atoms with Crippen molar-refractivity contribution in [2.24, 2.45) is 0 Å². The number of hydrogen-bond donors (Lipinski definition) is 2. The van der Waals surface area contributed by atoms with Gasteiger partial charge in [0.25, 0.3) is 0 Å². The minimum atomic E-state index is -0.240. The Morgan fingerprint density at radius 1 is 1.06 bits per heavy atom.